The predicted molar refractivity (Wildman–Crippen MR) is 96.7 cm³/mol. The van der Waals surface area contributed by atoms with E-state index in [0.29, 0.717) is 35.2 Å². The van der Waals surface area contributed by atoms with E-state index in [4.69, 9.17) is 28.9 Å². The summed E-state index contributed by atoms with van der Waals surface area (Å²) in [5.41, 5.74) is 6.66. The van der Waals surface area contributed by atoms with Crippen LogP contribution < -0.4 is 11.1 Å². The van der Waals surface area contributed by atoms with Gasteiger partial charge >= 0.3 is 0 Å². The molecule has 1 aromatic heterocycles. The van der Waals surface area contributed by atoms with Crippen molar-refractivity contribution >= 4 is 40.4 Å². The van der Waals surface area contributed by atoms with Gasteiger partial charge in [-0.2, -0.15) is 0 Å². The van der Waals surface area contributed by atoms with Crippen LogP contribution in [0.25, 0.3) is 0 Å². The van der Waals surface area contributed by atoms with Crippen LogP contribution in [-0.4, -0.2) is 24.0 Å². The number of halogens is 2. The molecule has 23 heavy (non-hydrogen) atoms. The first kappa shape index (κ1) is 18.2. The lowest BCUT2D eigenvalue weighted by atomic mass is 9.84. The Kier molecular flexibility index (Phi) is 6.03. The molecule has 0 saturated carbocycles. The number of benzene rings is 1. The van der Waals surface area contributed by atoms with E-state index < -0.39 is 0 Å². The van der Waals surface area contributed by atoms with E-state index in [-0.39, 0.29) is 11.3 Å². The van der Waals surface area contributed by atoms with Gasteiger partial charge in [-0.1, -0.05) is 43.1 Å². The molecule has 2 rings (SSSR count). The Balaban J connectivity index is 2.02. The smallest absolute Gasteiger partial charge is 0.270 e. The summed E-state index contributed by atoms with van der Waals surface area (Å²) in [6.07, 6.45) is 0.687. The van der Waals surface area contributed by atoms with Gasteiger partial charge in [0, 0.05) is 23.8 Å². The largest absolute Gasteiger partial charge is 0.350 e. The van der Waals surface area contributed by atoms with Crippen LogP contribution in [0.4, 0.5) is 0 Å². The minimum absolute atomic E-state index is 0.183. The maximum absolute atomic E-state index is 12.2. The second-order valence-corrected chi connectivity index (χ2v) is 7.62. The van der Waals surface area contributed by atoms with Gasteiger partial charge in [-0.15, -0.1) is 11.3 Å². The Morgan fingerprint density at radius 1 is 1.35 bits per heavy atom. The van der Waals surface area contributed by atoms with Gasteiger partial charge in [0.2, 0.25) is 0 Å². The number of nitrogens with two attached hydrogens (primary N) is 1. The second kappa shape index (κ2) is 7.62. The molecule has 7 heteroatoms. The van der Waals surface area contributed by atoms with Gasteiger partial charge < -0.3 is 11.1 Å². The average molecular weight is 372 g/mol. The summed E-state index contributed by atoms with van der Waals surface area (Å²) in [6, 6.07) is 5.52. The summed E-state index contributed by atoms with van der Waals surface area (Å²) in [4.78, 5) is 16.5. The zero-order valence-electron chi connectivity index (χ0n) is 13.0. The van der Waals surface area contributed by atoms with Gasteiger partial charge in [0.25, 0.3) is 5.91 Å². The lowest BCUT2D eigenvalue weighted by Gasteiger charge is -2.26. The van der Waals surface area contributed by atoms with Crippen molar-refractivity contribution in [3.8, 4) is 0 Å². The molecule has 0 saturated heterocycles. The fraction of sp³-hybridized carbons (Fsp3) is 0.375. The van der Waals surface area contributed by atoms with Gasteiger partial charge in [0.05, 0.1) is 15.1 Å². The molecular weight excluding hydrogens is 353 g/mol. The first-order chi connectivity index (χ1) is 10.8. The van der Waals surface area contributed by atoms with Crippen LogP contribution >= 0.6 is 34.5 Å². The molecule has 0 bridgehead atoms. The highest BCUT2D eigenvalue weighted by Crippen LogP contribution is 2.29. The van der Waals surface area contributed by atoms with Crippen molar-refractivity contribution in [3.05, 3.63) is 49.9 Å². The van der Waals surface area contributed by atoms with Gasteiger partial charge in [0.1, 0.15) is 5.69 Å². The molecule has 1 aromatic carbocycles. The number of nitrogens with one attached hydrogen (secondary N) is 1. The van der Waals surface area contributed by atoms with E-state index in [1.54, 1.807) is 11.4 Å². The minimum atomic E-state index is -0.278. The summed E-state index contributed by atoms with van der Waals surface area (Å²) in [7, 11) is 0. The monoisotopic (exact) mass is 371 g/mol. The Morgan fingerprint density at radius 2 is 2.09 bits per heavy atom. The third kappa shape index (κ3) is 4.67. The Labute approximate surface area is 150 Å². The summed E-state index contributed by atoms with van der Waals surface area (Å²) < 4.78 is 0. The van der Waals surface area contributed by atoms with E-state index in [1.807, 2.05) is 26.0 Å². The maximum Gasteiger partial charge on any atom is 0.270 e. The molecule has 0 aliphatic rings. The van der Waals surface area contributed by atoms with Crippen LogP contribution in [0.5, 0.6) is 0 Å². The number of carbonyl (C=O) groups excluding carboxylic acids is 1. The molecule has 0 spiro atoms. The molecule has 0 fully saturated rings. The molecular formula is C16H19Cl2N3OS. The van der Waals surface area contributed by atoms with Crippen molar-refractivity contribution in [1.29, 1.82) is 0 Å². The van der Waals surface area contributed by atoms with E-state index in [0.717, 1.165) is 10.6 Å². The molecule has 0 aliphatic carbocycles. The minimum Gasteiger partial charge on any atom is -0.350 e. The van der Waals surface area contributed by atoms with E-state index in [9.17, 15) is 4.79 Å². The van der Waals surface area contributed by atoms with Crippen molar-refractivity contribution < 1.29 is 4.79 Å². The van der Waals surface area contributed by atoms with Crippen molar-refractivity contribution in [2.24, 2.45) is 5.73 Å². The zero-order chi connectivity index (χ0) is 17.0. The molecule has 4 nitrogen and oxygen atoms in total. The van der Waals surface area contributed by atoms with Crippen LogP contribution in [0.15, 0.2) is 23.6 Å². The zero-order valence-corrected chi connectivity index (χ0v) is 15.4. The fourth-order valence-electron chi connectivity index (χ4n) is 2.06. The third-order valence-electron chi connectivity index (χ3n) is 3.53. The topological polar surface area (TPSA) is 68.0 Å². The van der Waals surface area contributed by atoms with Gasteiger partial charge in [0.15, 0.2) is 0 Å². The number of thiazole rings is 1. The Bertz CT molecular complexity index is 700. The maximum atomic E-state index is 12.2. The van der Waals surface area contributed by atoms with Crippen molar-refractivity contribution in [2.75, 3.05) is 13.1 Å². The summed E-state index contributed by atoms with van der Waals surface area (Å²) in [5.74, 6) is -0.183. The predicted octanol–water partition coefficient (Wildman–Crippen LogP) is 3.66. The lowest BCUT2D eigenvalue weighted by molar-refractivity contribution is 0.0941. The third-order valence-corrected chi connectivity index (χ3v) is 5.18. The number of rotatable bonds is 6. The van der Waals surface area contributed by atoms with Crippen LogP contribution in [0, 0.1) is 0 Å². The quantitative estimate of drug-likeness (QED) is 0.813. The summed E-state index contributed by atoms with van der Waals surface area (Å²) in [5, 5.41) is 6.59. The van der Waals surface area contributed by atoms with Crippen molar-refractivity contribution in [2.45, 2.75) is 25.7 Å². The highest BCUT2D eigenvalue weighted by Gasteiger charge is 2.23. The number of nitrogens with zero attached hydrogens (tertiary/aromatic N) is 1. The molecule has 2 aromatic rings. The summed E-state index contributed by atoms with van der Waals surface area (Å²) >= 11 is 13.5. The van der Waals surface area contributed by atoms with E-state index in [1.165, 1.54) is 11.3 Å². The average Bonchev–Trinajstić information content (AvgIpc) is 2.97. The first-order valence-corrected chi connectivity index (χ1v) is 8.85. The number of hydrogen-bond acceptors (Lipinski definition) is 4. The first-order valence-electron chi connectivity index (χ1n) is 7.21. The number of carbonyl (C=O) groups is 1. The van der Waals surface area contributed by atoms with Crippen molar-refractivity contribution in [3.63, 3.8) is 0 Å². The second-order valence-electron chi connectivity index (χ2n) is 5.86. The van der Waals surface area contributed by atoms with E-state index in [2.05, 4.69) is 10.3 Å². The lowest BCUT2D eigenvalue weighted by Crippen LogP contribution is -2.36. The molecule has 124 valence electrons. The molecule has 0 aliphatic heterocycles. The number of hydrogen-bond donors (Lipinski definition) is 2. The molecule has 0 unspecified atom stereocenters. The molecule has 0 atom stereocenters. The van der Waals surface area contributed by atoms with Crippen LogP contribution in [0.3, 0.4) is 0 Å². The van der Waals surface area contributed by atoms with Crippen LogP contribution in [0.1, 0.15) is 34.9 Å². The standard InChI is InChI=1S/C16H19Cl2N3OS/c1-16(2,10-3-4-11(17)12(18)7-10)9-20-15(22)13-8-23-14(21-13)5-6-19/h3-4,7-8H,5-6,9,19H2,1-2H3,(H,20,22). The fourth-order valence-corrected chi connectivity index (χ4v) is 3.16. The van der Waals surface area contributed by atoms with Crippen LogP contribution in [-0.2, 0) is 11.8 Å². The number of amides is 1. The highest BCUT2D eigenvalue weighted by molar-refractivity contribution is 7.09. The molecule has 3 N–H and O–H groups in total. The van der Waals surface area contributed by atoms with Crippen molar-refractivity contribution in [1.82, 2.24) is 10.3 Å². The molecule has 1 amide bonds. The van der Waals surface area contributed by atoms with Gasteiger partial charge in [-0.05, 0) is 24.2 Å². The SMILES string of the molecule is CC(C)(CNC(=O)c1csc(CCN)n1)c1ccc(Cl)c(Cl)c1. The molecule has 0 radical (unpaired) electrons. The summed E-state index contributed by atoms with van der Waals surface area (Å²) in [6.45, 7) is 5.06. The Hall–Kier alpha value is -1.14. The number of aromatic nitrogens is 1. The van der Waals surface area contributed by atoms with Gasteiger partial charge in [-0.25, -0.2) is 4.98 Å². The highest BCUT2D eigenvalue weighted by atomic mass is 35.5. The Morgan fingerprint density at radius 3 is 2.74 bits per heavy atom. The van der Waals surface area contributed by atoms with E-state index >= 15 is 0 Å². The molecule has 1 heterocycles. The normalized spacial score (nSPS) is 11.5. The van der Waals surface area contributed by atoms with Gasteiger partial charge in [-0.3, -0.25) is 4.79 Å². The van der Waals surface area contributed by atoms with Crippen LogP contribution in [0.2, 0.25) is 10.0 Å².